The van der Waals surface area contributed by atoms with Gasteiger partial charge in [0.05, 0.1) is 11.5 Å². The minimum Gasteiger partial charge on any atom is -0.369 e. The average molecular weight is 321 g/mol. The third-order valence-corrected chi connectivity index (χ3v) is 5.79. The number of carbonyl (C=O) groups excluding carboxylic acids is 2. The average Bonchev–Trinajstić information content (AvgIpc) is 2.82. The van der Waals surface area contributed by atoms with E-state index in [0.717, 1.165) is 31.4 Å². The fraction of sp³-hybridized carbons (Fsp3) is 0.625. The van der Waals surface area contributed by atoms with Gasteiger partial charge in [-0.2, -0.15) is 0 Å². The predicted molar refractivity (Wildman–Crippen MR) is 87.0 cm³/mol. The second-order valence-electron chi connectivity index (χ2n) is 6.37. The van der Waals surface area contributed by atoms with E-state index in [-0.39, 0.29) is 17.7 Å². The molecule has 2 heterocycles. The summed E-state index contributed by atoms with van der Waals surface area (Å²) in [6.45, 7) is 2.50. The van der Waals surface area contributed by atoms with Gasteiger partial charge in [-0.1, -0.05) is 0 Å². The molecule has 0 radical (unpaired) electrons. The van der Waals surface area contributed by atoms with E-state index in [1.807, 2.05) is 17.3 Å². The van der Waals surface area contributed by atoms with Crippen molar-refractivity contribution in [1.82, 2.24) is 9.80 Å². The van der Waals surface area contributed by atoms with Crippen LogP contribution in [0.1, 0.15) is 33.6 Å². The molecule has 22 heavy (non-hydrogen) atoms. The van der Waals surface area contributed by atoms with Gasteiger partial charge in [-0.25, -0.2) is 0 Å². The van der Waals surface area contributed by atoms with Crippen LogP contribution in [0.3, 0.4) is 0 Å². The molecule has 3 rings (SSSR count). The molecule has 0 unspecified atom stereocenters. The summed E-state index contributed by atoms with van der Waals surface area (Å²) in [5.74, 6) is -0.536. The lowest BCUT2D eigenvalue weighted by Crippen LogP contribution is -2.40. The Morgan fingerprint density at radius 2 is 2.00 bits per heavy atom. The first-order valence-corrected chi connectivity index (χ1v) is 8.80. The van der Waals surface area contributed by atoms with Crippen molar-refractivity contribution >= 4 is 23.2 Å². The van der Waals surface area contributed by atoms with E-state index in [1.165, 1.54) is 16.9 Å². The molecule has 0 spiro atoms. The Morgan fingerprint density at radius 3 is 2.77 bits per heavy atom. The molecule has 2 N–H and O–H groups in total. The molecule has 2 aliphatic rings. The van der Waals surface area contributed by atoms with E-state index in [9.17, 15) is 9.59 Å². The van der Waals surface area contributed by atoms with E-state index in [2.05, 4.69) is 4.90 Å². The lowest BCUT2D eigenvalue weighted by molar-refractivity contribution is -0.122. The summed E-state index contributed by atoms with van der Waals surface area (Å²) in [5.41, 5.74) is 7.59. The first-order valence-electron chi connectivity index (χ1n) is 7.92. The van der Waals surface area contributed by atoms with Crippen molar-refractivity contribution in [2.75, 3.05) is 33.2 Å². The van der Waals surface area contributed by atoms with Gasteiger partial charge >= 0.3 is 0 Å². The zero-order chi connectivity index (χ0) is 15.7. The molecule has 5 nitrogen and oxygen atoms in total. The van der Waals surface area contributed by atoms with E-state index >= 15 is 0 Å². The topological polar surface area (TPSA) is 66.6 Å². The second-order valence-corrected chi connectivity index (χ2v) is 7.34. The number of amides is 2. The maximum atomic E-state index is 12.9. The van der Waals surface area contributed by atoms with Gasteiger partial charge in [0.15, 0.2) is 0 Å². The van der Waals surface area contributed by atoms with Crippen molar-refractivity contribution in [1.29, 1.82) is 0 Å². The lowest BCUT2D eigenvalue weighted by atomic mass is 9.95. The summed E-state index contributed by atoms with van der Waals surface area (Å²) in [6, 6.07) is 0. The highest BCUT2D eigenvalue weighted by Gasteiger charge is 2.30. The number of primary amides is 1. The molecule has 1 atom stereocenters. The monoisotopic (exact) mass is 321 g/mol. The fourth-order valence-electron chi connectivity index (χ4n) is 3.38. The minimum atomic E-state index is -0.320. The molecule has 1 aliphatic carbocycles. The third kappa shape index (κ3) is 3.03. The van der Waals surface area contributed by atoms with Crippen molar-refractivity contribution in [3.63, 3.8) is 0 Å². The van der Waals surface area contributed by atoms with Gasteiger partial charge in [0, 0.05) is 36.4 Å². The zero-order valence-electron chi connectivity index (χ0n) is 13.0. The maximum absolute atomic E-state index is 12.9. The van der Waals surface area contributed by atoms with Crippen LogP contribution < -0.4 is 5.73 Å². The van der Waals surface area contributed by atoms with Crippen molar-refractivity contribution in [3.05, 3.63) is 21.4 Å². The number of hydrogen-bond acceptors (Lipinski definition) is 4. The van der Waals surface area contributed by atoms with Crippen LogP contribution in [0.25, 0.3) is 0 Å². The quantitative estimate of drug-likeness (QED) is 0.887. The molecule has 1 aromatic heterocycles. The first-order chi connectivity index (χ1) is 10.6. The highest BCUT2D eigenvalue weighted by atomic mass is 32.1. The molecule has 0 saturated carbocycles. The molecule has 1 saturated heterocycles. The number of likely N-dealkylation sites (N-methyl/N-ethyl adjacent to an activating group) is 1. The van der Waals surface area contributed by atoms with Crippen LogP contribution in [-0.4, -0.2) is 54.8 Å². The number of nitrogens with two attached hydrogens (primary N) is 1. The van der Waals surface area contributed by atoms with E-state index < -0.39 is 0 Å². The first kappa shape index (κ1) is 15.5. The summed E-state index contributed by atoms with van der Waals surface area (Å²) in [4.78, 5) is 29.8. The van der Waals surface area contributed by atoms with Crippen molar-refractivity contribution < 1.29 is 9.59 Å². The summed E-state index contributed by atoms with van der Waals surface area (Å²) in [6.07, 6.45) is 4.49. The highest BCUT2D eigenvalue weighted by Crippen LogP contribution is 2.31. The number of aryl methyl sites for hydroxylation is 1. The van der Waals surface area contributed by atoms with Gasteiger partial charge in [-0.15, -0.1) is 11.3 Å². The number of thiophene rings is 1. The summed E-state index contributed by atoms with van der Waals surface area (Å²) in [7, 11) is 1.97. The minimum absolute atomic E-state index is 0.0703. The third-order valence-electron chi connectivity index (χ3n) is 4.71. The van der Waals surface area contributed by atoms with Gasteiger partial charge in [0.2, 0.25) is 5.91 Å². The molecule has 2 amide bonds. The summed E-state index contributed by atoms with van der Waals surface area (Å²) in [5, 5.41) is 2.01. The summed E-state index contributed by atoms with van der Waals surface area (Å²) >= 11 is 1.71. The zero-order valence-corrected chi connectivity index (χ0v) is 13.8. The van der Waals surface area contributed by atoms with Gasteiger partial charge in [0.25, 0.3) is 5.91 Å². The van der Waals surface area contributed by atoms with Crippen molar-refractivity contribution in [3.8, 4) is 0 Å². The Kier molecular flexibility index (Phi) is 4.49. The van der Waals surface area contributed by atoms with Gasteiger partial charge < -0.3 is 15.5 Å². The molecule has 1 aliphatic heterocycles. The largest absolute Gasteiger partial charge is 0.369 e. The Labute approximate surface area is 135 Å². The SMILES string of the molecule is CN1CCN(C(=O)c2csc3c2CCCC3)C[C@H](C(N)=O)C1. The molecular weight excluding hydrogens is 298 g/mol. The Morgan fingerprint density at radius 1 is 1.23 bits per heavy atom. The second kappa shape index (κ2) is 6.38. The van der Waals surface area contributed by atoms with Gasteiger partial charge in [0.1, 0.15) is 0 Å². The predicted octanol–water partition coefficient (Wildman–Crippen LogP) is 1.12. The number of nitrogens with zero attached hydrogens (tertiary/aromatic N) is 2. The van der Waals surface area contributed by atoms with Gasteiger partial charge in [-0.3, -0.25) is 9.59 Å². The fourth-order valence-corrected chi connectivity index (χ4v) is 4.50. The van der Waals surface area contributed by atoms with Crippen LogP contribution >= 0.6 is 11.3 Å². The normalized spacial score (nSPS) is 23.0. The maximum Gasteiger partial charge on any atom is 0.255 e. The smallest absolute Gasteiger partial charge is 0.255 e. The van der Waals surface area contributed by atoms with Crippen LogP contribution in [0, 0.1) is 5.92 Å². The van der Waals surface area contributed by atoms with E-state index in [1.54, 1.807) is 11.3 Å². The van der Waals surface area contributed by atoms with Crippen LogP contribution in [0.15, 0.2) is 5.38 Å². The molecule has 120 valence electrons. The lowest BCUT2D eigenvalue weighted by Gasteiger charge is -2.23. The van der Waals surface area contributed by atoms with Gasteiger partial charge in [-0.05, 0) is 38.3 Å². The Hall–Kier alpha value is -1.40. The van der Waals surface area contributed by atoms with Crippen LogP contribution in [-0.2, 0) is 17.6 Å². The molecule has 1 aromatic rings. The van der Waals surface area contributed by atoms with E-state index in [0.29, 0.717) is 19.6 Å². The van der Waals surface area contributed by atoms with Crippen LogP contribution in [0.5, 0.6) is 0 Å². The molecule has 6 heteroatoms. The molecular formula is C16H23N3O2S. The highest BCUT2D eigenvalue weighted by molar-refractivity contribution is 7.10. The van der Waals surface area contributed by atoms with Crippen LogP contribution in [0.4, 0.5) is 0 Å². The Balaban J connectivity index is 1.81. The number of hydrogen-bond donors (Lipinski definition) is 1. The standard InChI is InChI=1S/C16H23N3O2S/c1-18-6-7-19(9-11(8-18)15(17)20)16(21)13-10-22-14-5-3-2-4-12(13)14/h10-11H,2-9H2,1H3,(H2,17,20)/t11-/m1/s1. The number of carbonyl (C=O) groups is 2. The Bertz CT molecular complexity index is 584. The van der Waals surface area contributed by atoms with Crippen molar-refractivity contribution in [2.24, 2.45) is 11.7 Å². The molecule has 0 aromatic carbocycles. The number of rotatable bonds is 2. The summed E-state index contributed by atoms with van der Waals surface area (Å²) < 4.78 is 0. The molecule has 0 bridgehead atoms. The number of fused-ring (bicyclic) bond motifs is 1. The van der Waals surface area contributed by atoms with E-state index in [4.69, 9.17) is 5.73 Å². The van der Waals surface area contributed by atoms with Crippen molar-refractivity contribution in [2.45, 2.75) is 25.7 Å². The van der Waals surface area contributed by atoms with Crippen LogP contribution in [0.2, 0.25) is 0 Å². The molecule has 1 fully saturated rings.